The van der Waals surface area contributed by atoms with E-state index in [0.29, 0.717) is 5.56 Å². The Bertz CT molecular complexity index is 1250. The molecule has 0 amide bonds. The molecule has 0 aliphatic carbocycles. The molecule has 162 valence electrons. The van der Waals surface area contributed by atoms with E-state index < -0.39 is 5.92 Å². The van der Waals surface area contributed by atoms with Gasteiger partial charge in [0, 0.05) is 5.56 Å². The van der Waals surface area contributed by atoms with E-state index in [1.54, 1.807) is 7.11 Å². The zero-order chi connectivity index (χ0) is 22.6. The van der Waals surface area contributed by atoms with Crippen molar-refractivity contribution in [2.45, 2.75) is 6.04 Å². The maximum Gasteiger partial charge on any atom is 0.174 e. The van der Waals surface area contributed by atoms with E-state index in [1.807, 2.05) is 108 Å². The topological polar surface area (TPSA) is 41.9 Å². The summed E-state index contributed by atoms with van der Waals surface area (Å²) in [7, 11) is 1.62. The van der Waals surface area contributed by atoms with E-state index in [2.05, 4.69) is 12.1 Å². The number of hydrogen-bond acceptors (Lipinski definition) is 4. The van der Waals surface area contributed by atoms with Crippen LogP contribution in [0.5, 0.6) is 5.75 Å². The molecule has 2 atom stereocenters. The van der Waals surface area contributed by atoms with Gasteiger partial charge >= 0.3 is 0 Å². The second-order valence-corrected chi connectivity index (χ2v) is 7.96. The number of ether oxygens (including phenoxy) is 1. The molecule has 0 unspecified atom stereocenters. The van der Waals surface area contributed by atoms with E-state index in [0.717, 1.165) is 28.3 Å². The van der Waals surface area contributed by atoms with Gasteiger partial charge in [-0.25, -0.2) is 0 Å². The Morgan fingerprint density at radius 2 is 1.33 bits per heavy atom. The molecule has 0 fully saturated rings. The molecule has 1 heterocycles. The van der Waals surface area contributed by atoms with Crippen LogP contribution >= 0.6 is 0 Å². The van der Waals surface area contributed by atoms with Crippen LogP contribution in [0.3, 0.4) is 0 Å². The van der Waals surface area contributed by atoms with E-state index in [9.17, 15) is 4.79 Å². The van der Waals surface area contributed by atoms with Gasteiger partial charge in [-0.1, -0.05) is 78.9 Å². The Labute approximate surface area is 193 Å². The first kappa shape index (κ1) is 20.7. The van der Waals surface area contributed by atoms with Crippen molar-refractivity contribution in [1.82, 2.24) is 0 Å². The molecule has 0 saturated carbocycles. The van der Waals surface area contributed by atoms with Crippen LogP contribution in [-0.2, 0) is 0 Å². The summed E-state index contributed by atoms with van der Waals surface area (Å²) in [5, 5.41) is 7.04. The molecule has 4 heteroatoms. The van der Waals surface area contributed by atoms with Crippen molar-refractivity contribution in [3.63, 3.8) is 0 Å². The van der Waals surface area contributed by atoms with Crippen molar-refractivity contribution in [2.24, 2.45) is 11.0 Å². The third-order valence-electron chi connectivity index (χ3n) is 5.98. The monoisotopic (exact) mass is 432 g/mol. The number of rotatable bonds is 6. The SMILES string of the molecule is COc1ccc(C(=O)[C@@H]2C(c3ccccc3)=NN(c3ccccc3)[C@H]2c2ccccc2)cc1. The normalized spacial score (nSPS) is 17.5. The highest BCUT2D eigenvalue weighted by Crippen LogP contribution is 2.42. The van der Waals surface area contributed by atoms with Crippen molar-refractivity contribution >= 4 is 17.2 Å². The second kappa shape index (κ2) is 9.13. The molecule has 0 bridgehead atoms. The number of nitrogens with zero attached hydrogens (tertiary/aromatic N) is 2. The van der Waals surface area contributed by atoms with Gasteiger partial charge < -0.3 is 4.74 Å². The van der Waals surface area contributed by atoms with Gasteiger partial charge in [0.25, 0.3) is 0 Å². The van der Waals surface area contributed by atoms with Crippen molar-refractivity contribution in [2.75, 3.05) is 12.1 Å². The number of methoxy groups -OCH3 is 1. The molecule has 0 saturated heterocycles. The van der Waals surface area contributed by atoms with E-state index in [4.69, 9.17) is 9.84 Å². The van der Waals surface area contributed by atoms with Crippen LogP contribution in [0.25, 0.3) is 0 Å². The van der Waals surface area contributed by atoms with E-state index in [1.165, 1.54) is 0 Å². The lowest BCUT2D eigenvalue weighted by Crippen LogP contribution is -2.32. The van der Waals surface area contributed by atoms with Crippen molar-refractivity contribution in [3.05, 3.63) is 132 Å². The second-order valence-electron chi connectivity index (χ2n) is 7.96. The summed E-state index contributed by atoms with van der Waals surface area (Å²) in [6, 6.07) is 37.2. The van der Waals surface area contributed by atoms with Crippen molar-refractivity contribution in [1.29, 1.82) is 0 Å². The third kappa shape index (κ3) is 4.03. The number of benzene rings is 4. The standard InChI is InChI=1S/C29H24N2O2/c1-33-25-19-17-23(18-20-25)29(32)26-27(21-11-5-2-6-12-21)30-31(24-15-9-4-10-16-24)28(26)22-13-7-3-8-14-22/h2-20,26,28H,1H3/t26-,28+/m1/s1. The Morgan fingerprint density at radius 1 is 0.758 bits per heavy atom. The van der Waals surface area contributed by atoms with Gasteiger partial charge in [0.15, 0.2) is 5.78 Å². The molecule has 33 heavy (non-hydrogen) atoms. The van der Waals surface area contributed by atoms with Crippen LogP contribution in [0.2, 0.25) is 0 Å². The molecule has 1 aliphatic heterocycles. The number of ketones is 1. The molecule has 4 nitrogen and oxygen atoms in total. The van der Waals surface area contributed by atoms with Crippen LogP contribution in [0.1, 0.15) is 27.5 Å². The lowest BCUT2D eigenvalue weighted by atomic mass is 9.81. The third-order valence-corrected chi connectivity index (χ3v) is 5.98. The van der Waals surface area contributed by atoms with Gasteiger partial charge in [0.05, 0.1) is 30.5 Å². The largest absolute Gasteiger partial charge is 0.497 e. The zero-order valence-electron chi connectivity index (χ0n) is 18.3. The van der Waals surface area contributed by atoms with Crippen LogP contribution in [-0.4, -0.2) is 18.6 Å². The minimum Gasteiger partial charge on any atom is -0.497 e. The number of hydrazone groups is 1. The summed E-state index contributed by atoms with van der Waals surface area (Å²) >= 11 is 0. The molecule has 0 spiro atoms. The van der Waals surface area contributed by atoms with Gasteiger partial charge in [-0.3, -0.25) is 9.80 Å². The molecule has 0 radical (unpaired) electrons. The highest BCUT2D eigenvalue weighted by atomic mass is 16.5. The molecular formula is C29H24N2O2. The van der Waals surface area contributed by atoms with E-state index >= 15 is 0 Å². The quantitative estimate of drug-likeness (QED) is 0.343. The summed E-state index contributed by atoms with van der Waals surface area (Å²) in [6.45, 7) is 0. The highest BCUT2D eigenvalue weighted by molar-refractivity contribution is 6.20. The number of carbonyl (C=O) groups is 1. The maximum atomic E-state index is 14.0. The Morgan fingerprint density at radius 3 is 1.94 bits per heavy atom. The lowest BCUT2D eigenvalue weighted by Gasteiger charge is -2.28. The molecule has 5 rings (SSSR count). The number of hydrogen-bond donors (Lipinski definition) is 0. The van der Waals surface area contributed by atoms with Crippen molar-refractivity contribution < 1.29 is 9.53 Å². The van der Waals surface area contributed by atoms with Gasteiger partial charge in [-0.15, -0.1) is 0 Å². The van der Waals surface area contributed by atoms with Crippen LogP contribution in [0, 0.1) is 5.92 Å². The average Bonchev–Trinajstić information content (AvgIpc) is 3.30. The highest BCUT2D eigenvalue weighted by Gasteiger charge is 2.44. The summed E-state index contributed by atoms with van der Waals surface area (Å²) in [5.41, 5.74) is 4.35. The molecule has 1 aliphatic rings. The minimum absolute atomic E-state index is 0.0348. The minimum atomic E-state index is -0.469. The molecule has 4 aromatic rings. The first-order valence-electron chi connectivity index (χ1n) is 11.0. The predicted octanol–water partition coefficient (Wildman–Crippen LogP) is 6.16. The van der Waals surface area contributed by atoms with Crippen molar-refractivity contribution in [3.8, 4) is 5.75 Å². The molecule has 4 aromatic carbocycles. The number of Topliss-reactive ketones (excluding diaryl/α,β-unsaturated/α-hetero) is 1. The van der Waals surface area contributed by atoms with E-state index in [-0.39, 0.29) is 11.8 Å². The number of para-hydroxylation sites is 1. The smallest absolute Gasteiger partial charge is 0.174 e. The lowest BCUT2D eigenvalue weighted by molar-refractivity contribution is 0.0944. The Kier molecular flexibility index (Phi) is 5.73. The van der Waals surface area contributed by atoms with Gasteiger partial charge in [0.1, 0.15) is 5.75 Å². The van der Waals surface area contributed by atoms with Crippen LogP contribution in [0.15, 0.2) is 120 Å². The first-order chi connectivity index (χ1) is 16.3. The van der Waals surface area contributed by atoms with Gasteiger partial charge in [-0.2, -0.15) is 5.10 Å². The fourth-order valence-electron chi connectivity index (χ4n) is 4.36. The maximum absolute atomic E-state index is 14.0. The summed E-state index contributed by atoms with van der Waals surface area (Å²) in [6.07, 6.45) is 0. The fraction of sp³-hybridized carbons (Fsp3) is 0.103. The Balaban J connectivity index is 1.67. The zero-order valence-corrected chi connectivity index (χ0v) is 18.3. The van der Waals surface area contributed by atoms with Crippen LogP contribution in [0.4, 0.5) is 5.69 Å². The predicted molar refractivity (Wildman–Crippen MR) is 132 cm³/mol. The summed E-state index contributed by atoms with van der Waals surface area (Å²) in [5.74, 6) is 0.288. The first-order valence-corrected chi connectivity index (χ1v) is 11.0. The number of anilines is 1. The van der Waals surface area contributed by atoms with Gasteiger partial charge in [-0.05, 0) is 47.5 Å². The van der Waals surface area contributed by atoms with Gasteiger partial charge in [0.2, 0.25) is 0 Å². The molecule has 0 aromatic heterocycles. The number of carbonyl (C=O) groups excluding carboxylic acids is 1. The fourth-order valence-corrected chi connectivity index (χ4v) is 4.36. The molecule has 0 N–H and O–H groups in total. The van der Waals surface area contributed by atoms with Crippen LogP contribution < -0.4 is 9.75 Å². The molecular weight excluding hydrogens is 408 g/mol. The Hall–Kier alpha value is -4.18. The average molecular weight is 433 g/mol. The summed E-state index contributed by atoms with van der Waals surface area (Å²) in [4.78, 5) is 14.0. The summed E-state index contributed by atoms with van der Waals surface area (Å²) < 4.78 is 5.29.